The molecule has 1 saturated heterocycles. The zero-order valence-electron chi connectivity index (χ0n) is 11.2. The molecule has 1 N–H and O–H groups in total. The van der Waals surface area contributed by atoms with Gasteiger partial charge in [-0.3, -0.25) is 9.48 Å². The lowest BCUT2D eigenvalue weighted by Crippen LogP contribution is -2.29. The quantitative estimate of drug-likeness (QED) is 0.906. The summed E-state index contributed by atoms with van der Waals surface area (Å²) in [4.78, 5) is 12.3. The lowest BCUT2D eigenvalue weighted by atomic mass is 9.94. The smallest absolute Gasteiger partial charge is 0.143 e. The van der Waals surface area contributed by atoms with E-state index in [1.807, 2.05) is 14.0 Å². The molecule has 0 bridgehead atoms. The molecule has 1 fully saturated rings. The first-order chi connectivity index (χ1) is 8.54. The van der Waals surface area contributed by atoms with E-state index in [1.54, 1.807) is 4.68 Å². The highest BCUT2D eigenvalue weighted by Gasteiger charge is 2.30. The molecule has 0 radical (unpaired) electrons. The largest absolute Gasteiger partial charge is 0.314 e. The van der Waals surface area contributed by atoms with Crippen molar-refractivity contribution in [2.24, 2.45) is 13.0 Å². The van der Waals surface area contributed by atoms with Gasteiger partial charge in [-0.05, 0) is 26.3 Å². The maximum Gasteiger partial charge on any atom is 0.143 e. The molecule has 2 unspecified atom stereocenters. The van der Waals surface area contributed by atoms with E-state index in [0.717, 1.165) is 30.8 Å². The zero-order chi connectivity index (χ0) is 13.3. The maximum atomic E-state index is 12.3. The van der Waals surface area contributed by atoms with Crippen LogP contribution in [0.1, 0.15) is 31.7 Å². The van der Waals surface area contributed by atoms with Gasteiger partial charge in [-0.2, -0.15) is 5.10 Å². The molecule has 5 heteroatoms. The number of ketones is 1. The molecule has 1 aromatic heterocycles. The molecule has 0 spiro atoms. The van der Waals surface area contributed by atoms with Gasteiger partial charge in [-0.1, -0.05) is 18.5 Å². The molecule has 2 rings (SSSR count). The topological polar surface area (TPSA) is 46.9 Å². The summed E-state index contributed by atoms with van der Waals surface area (Å²) >= 11 is 6.27. The number of nitrogens with zero attached hydrogens (tertiary/aromatic N) is 2. The van der Waals surface area contributed by atoms with Gasteiger partial charge in [0.05, 0.1) is 22.8 Å². The second-order valence-electron chi connectivity index (χ2n) is 4.97. The van der Waals surface area contributed by atoms with Crippen LogP contribution in [0.5, 0.6) is 0 Å². The normalized spacial score (nSPS) is 23.6. The van der Waals surface area contributed by atoms with E-state index in [0.29, 0.717) is 11.4 Å². The van der Waals surface area contributed by atoms with E-state index >= 15 is 0 Å². The highest BCUT2D eigenvalue weighted by Crippen LogP contribution is 2.24. The molecule has 0 aliphatic carbocycles. The third-order valence-electron chi connectivity index (χ3n) is 3.78. The summed E-state index contributed by atoms with van der Waals surface area (Å²) in [6.07, 6.45) is 2.11. The second-order valence-corrected chi connectivity index (χ2v) is 5.34. The van der Waals surface area contributed by atoms with Gasteiger partial charge in [0.1, 0.15) is 5.78 Å². The van der Waals surface area contributed by atoms with Crippen molar-refractivity contribution >= 4 is 17.4 Å². The Labute approximate surface area is 113 Å². The van der Waals surface area contributed by atoms with Crippen LogP contribution >= 0.6 is 11.6 Å². The van der Waals surface area contributed by atoms with Crippen LogP contribution in [-0.4, -0.2) is 28.2 Å². The van der Waals surface area contributed by atoms with Crippen LogP contribution < -0.4 is 5.32 Å². The monoisotopic (exact) mass is 269 g/mol. The summed E-state index contributed by atoms with van der Waals surface area (Å²) < 4.78 is 1.74. The lowest BCUT2D eigenvalue weighted by molar-refractivity contribution is -0.122. The predicted molar refractivity (Wildman–Crippen MR) is 71.9 cm³/mol. The number of rotatable bonds is 4. The first kappa shape index (κ1) is 13.6. The molecule has 0 aromatic carbocycles. The van der Waals surface area contributed by atoms with Crippen LogP contribution in [0.25, 0.3) is 0 Å². The van der Waals surface area contributed by atoms with Crippen molar-refractivity contribution in [2.45, 2.75) is 39.2 Å². The van der Waals surface area contributed by atoms with Crippen LogP contribution in [0.15, 0.2) is 0 Å². The maximum absolute atomic E-state index is 12.3. The summed E-state index contributed by atoms with van der Waals surface area (Å²) in [5.74, 6) is 0.376. The van der Waals surface area contributed by atoms with Gasteiger partial charge < -0.3 is 5.32 Å². The van der Waals surface area contributed by atoms with Crippen molar-refractivity contribution in [2.75, 3.05) is 6.54 Å². The number of nitrogens with one attached hydrogen (secondary N) is 1. The van der Waals surface area contributed by atoms with Crippen molar-refractivity contribution in [1.82, 2.24) is 15.1 Å². The fourth-order valence-electron chi connectivity index (χ4n) is 2.61. The van der Waals surface area contributed by atoms with E-state index in [4.69, 9.17) is 11.6 Å². The standard InChI is InChI=1S/C13H20ClN3O/c1-4-10-13(14)11(17(3)16-10)7-12(18)9-5-6-15-8(9)2/h8-9,15H,4-7H2,1-3H3. The fraction of sp³-hybridized carbons (Fsp3) is 0.692. The first-order valence-corrected chi connectivity index (χ1v) is 6.88. The highest BCUT2D eigenvalue weighted by atomic mass is 35.5. The van der Waals surface area contributed by atoms with Gasteiger partial charge in [-0.25, -0.2) is 0 Å². The number of carbonyl (C=O) groups excluding carboxylic acids is 1. The molecular formula is C13H20ClN3O. The molecule has 1 aliphatic rings. The number of aryl methyl sites for hydroxylation is 2. The molecule has 2 heterocycles. The number of hydrogen-bond donors (Lipinski definition) is 1. The van der Waals surface area contributed by atoms with E-state index in [9.17, 15) is 4.79 Å². The lowest BCUT2D eigenvalue weighted by Gasteiger charge is -2.13. The van der Waals surface area contributed by atoms with Crippen molar-refractivity contribution in [3.8, 4) is 0 Å². The average Bonchev–Trinajstić information content (AvgIpc) is 2.87. The van der Waals surface area contributed by atoms with Crippen LogP contribution in [-0.2, 0) is 24.7 Å². The Balaban J connectivity index is 2.14. The van der Waals surface area contributed by atoms with E-state index in [-0.39, 0.29) is 17.7 Å². The van der Waals surface area contributed by atoms with Crippen molar-refractivity contribution < 1.29 is 4.79 Å². The Bertz CT molecular complexity index is 455. The molecular weight excluding hydrogens is 250 g/mol. The van der Waals surface area contributed by atoms with Gasteiger partial charge in [0.15, 0.2) is 0 Å². The van der Waals surface area contributed by atoms with E-state index in [2.05, 4.69) is 17.3 Å². The van der Waals surface area contributed by atoms with E-state index < -0.39 is 0 Å². The number of carbonyl (C=O) groups is 1. The molecule has 0 saturated carbocycles. The third kappa shape index (κ3) is 2.45. The molecule has 18 heavy (non-hydrogen) atoms. The summed E-state index contributed by atoms with van der Waals surface area (Å²) in [5.41, 5.74) is 1.72. The Morgan fingerprint density at radius 3 is 2.83 bits per heavy atom. The SMILES string of the molecule is CCc1nn(C)c(CC(=O)C2CCNC2C)c1Cl. The highest BCUT2D eigenvalue weighted by molar-refractivity contribution is 6.32. The van der Waals surface area contributed by atoms with Crippen LogP contribution in [0.2, 0.25) is 5.02 Å². The van der Waals surface area contributed by atoms with E-state index in [1.165, 1.54) is 0 Å². The minimum atomic E-state index is 0.112. The van der Waals surface area contributed by atoms with Gasteiger partial charge in [0, 0.05) is 19.0 Å². The van der Waals surface area contributed by atoms with Gasteiger partial charge >= 0.3 is 0 Å². The summed E-state index contributed by atoms with van der Waals surface area (Å²) in [6, 6.07) is 0.273. The summed E-state index contributed by atoms with van der Waals surface area (Å²) in [5, 5.41) is 8.31. The van der Waals surface area contributed by atoms with Crippen molar-refractivity contribution in [3.63, 3.8) is 0 Å². The first-order valence-electron chi connectivity index (χ1n) is 6.51. The molecule has 0 amide bonds. The molecule has 1 aromatic rings. The fourth-order valence-corrected chi connectivity index (χ4v) is 2.97. The Kier molecular flexibility index (Phi) is 4.07. The van der Waals surface area contributed by atoms with Crippen LogP contribution in [0.4, 0.5) is 0 Å². The number of hydrogen-bond acceptors (Lipinski definition) is 3. The zero-order valence-corrected chi connectivity index (χ0v) is 11.9. The van der Waals surface area contributed by atoms with Crippen molar-refractivity contribution in [1.29, 1.82) is 0 Å². The predicted octanol–water partition coefficient (Wildman–Crippen LogP) is 1.75. The Morgan fingerprint density at radius 2 is 2.33 bits per heavy atom. The van der Waals surface area contributed by atoms with Crippen LogP contribution in [0.3, 0.4) is 0 Å². The molecule has 4 nitrogen and oxygen atoms in total. The van der Waals surface area contributed by atoms with Gasteiger partial charge in [-0.15, -0.1) is 0 Å². The number of Topliss-reactive ketones (excluding diaryl/α,β-unsaturated/α-hetero) is 1. The van der Waals surface area contributed by atoms with Crippen LogP contribution in [0, 0.1) is 5.92 Å². The molecule has 2 atom stereocenters. The van der Waals surface area contributed by atoms with Gasteiger partial charge in [0.2, 0.25) is 0 Å². The molecule has 100 valence electrons. The van der Waals surface area contributed by atoms with Gasteiger partial charge in [0.25, 0.3) is 0 Å². The summed E-state index contributed by atoms with van der Waals surface area (Å²) in [6.45, 7) is 5.01. The minimum Gasteiger partial charge on any atom is -0.314 e. The summed E-state index contributed by atoms with van der Waals surface area (Å²) in [7, 11) is 1.85. The second kappa shape index (κ2) is 5.41. The molecule has 1 aliphatic heterocycles. The third-order valence-corrected chi connectivity index (χ3v) is 4.22. The number of halogens is 1. The number of aromatic nitrogens is 2. The Hall–Kier alpha value is -0.870. The van der Waals surface area contributed by atoms with Crippen molar-refractivity contribution in [3.05, 3.63) is 16.4 Å². The minimum absolute atomic E-state index is 0.112. The average molecular weight is 270 g/mol. The Morgan fingerprint density at radius 1 is 1.61 bits per heavy atom.